The second-order valence-electron chi connectivity index (χ2n) is 3.01. The van der Waals surface area contributed by atoms with Crippen LogP contribution in [0.4, 0.5) is 0 Å². The van der Waals surface area contributed by atoms with E-state index in [9.17, 15) is 4.79 Å². The van der Waals surface area contributed by atoms with Crippen LogP contribution in [0.1, 0.15) is 10.6 Å². The van der Waals surface area contributed by atoms with Gasteiger partial charge in [0.15, 0.2) is 0 Å². The Labute approximate surface area is 94.5 Å². The molecule has 0 saturated carbocycles. The minimum absolute atomic E-state index is 0.0482. The first-order valence-electron chi connectivity index (χ1n) is 4.24. The number of furan rings is 1. The number of carboxylic acids is 1. The van der Waals surface area contributed by atoms with Crippen molar-refractivity contribution in [3.05, 3.63) is 46.8 Å². The number of hydrogen-bond donors (Lipinski definition) is 1. The average Bonchev–Trinajstić information content (AvgIpc) is 2.68. The van der Waals surface area contributed by atoms with Crippen LogP contribution < -0.4 is 0 Å². The summed E-state index contributed by atoms with van der Waals surface area (Å²) in [6.45, 7) is 0. The zero-order valence-electron chi connectivity index (χ0n) is 7.61. The number of benzene rings is 1. The van der Waals surface area contributed by atoms with E-state index in [1.165, 1.54) is 12.3 Å². The van der Waals surface area contributed by atoms with Gasteiger partial charge in [0.25, 0.3) is 0 Å². The lowest BCUT2D eigenvalue weighted by molar-refractivity contribution is 0.0662. The van der Waals surface area contributed by atoms with Gasteiger partial charge in [-0.15, -0.1) is 0 Å². The molecular formula is C11H7BrO3. The number of hydrogen-bond acceptors (Lipinski definition) is 2. The van der Waals surface area contributed by atoms with Gasteiger partial charge >= 0.3 is 5.97 Å². The molecule has 1 aromatic carbocycles. The van der Waals surface area contributed by atoms with Crippen molar-refractivity contribution >= 4 is 21.9 Å². The molecular weight excluding hydrogens is 260 g/mol. The van der Waals surface area contributed by atoms with Gasteiger partial charge in [-0.3, -0.25) is 0 Å². The lowest BCUT2D eigenvalue weighted by Crippen LogP contribution is -1.91. The highest BCUT2D eigenvalue weighted by Crippen LogP contribution is 2.23. The van der Waals surface area contributed by atoms with Crippen LogP contribution in [0.15, 0.2) is 45.5 Å². The maximum Gasteiger partial charge on any atom is 0.371 e. The summed E-state index contributed by atoms with van der Waals surface area (Å²) in [6, 6.07) is 9.07. The minimum atomic E-state index is -1.06. The first-order valence-corrected chi connectivity index (χ1v) is 5.04. The van der Waals surface area contributed by atoms with Crippen molar-refractivity contribution in [2.75, 3.05) is 0 Å². The third-order valence-electron chi connectivity index (χ3n) is 1.99. The fraction of sp³-hybridized carbons (Fsp3) is 0. The van der Waals surface area contributed by atoms with E-state index in [1.54, 1.807) is 0 Å². The molecule has 0 unspecified atom stereocenters. The van der Waals surface area contributed by atoms with Gasteiger partial charge in [0.2, 0.25) is 5.76 Å². The first kappa shape index (κ1) is 9.98. The van der Waals surface area contributed by atoms with Crippen LogP contribution in [0.3, 0.4) is 0 Å². The highest BCUT2D eigenvalue weighted by molar-refractivity contribution is 9.10. The number of halogens is 1. The molecule has 1 N–H and O–H groups in total. The monoisotopic (exact) mass is 266 g/mol. The summed E-state index contributed by atoms with van der Waals surface area (Å²) in [5, 5.41) is 8.69. The van der Waals surface area contributed by atoms with Crippen molar-refractivity contribution < 1.29 is 14.3 Å². The molecule has 0 bridgehead atoms. The molecule has 0 atom stereocenters. The number of aromatic carboxylic acids is 1. The lowest BCUT2D eigenvalue weighted by Gasteiger charge is -1.95. The Morgan fingerprint density at radius 1 is 1.20 bits per heavy atom. The van der Waals surface area contributed by atoms with Crippen LogP contribution in [0.25, 0.3) is 11.1 Å². The van der Waals surface area contributed by atoms with Crippen molar-refractivity contribution in [3.8, 4) is 11.1 Å². The van der Waals surface area contributed by atoms with Crippen LogP contribution in [0, 0.1) is 0 Å². The summed E-state index contributed by atoms with van der Waals surface area (Å²) < 4.78 is 5.88. The predicted octanol–water partition coefficient (Wildman–Crippen LogP) is 3.41. The van der Waals surface area contributed by atoms with Gasteiger partial charge in [-0.1, -0.05) is 28.1 Å². The van der Waals surface area contributed by atoms with Gasteiger partial charge < -0.3 is 9.52 Å². The van der Waals surface area contributed by atoms with Crippen molar-refractivity contribution in [2.45, 2.75) is 0 Å². The van der Waals surface area contributed by atoms with Crippen molar-refractivity contribution in [3.63, 3.8) is 0 Å². The smallest absolute Gasteiger partial charge is 0.371 e. The lowest BCUT2D eigenvalue weighted by atomic mass is 10.1. The average molecular weight is 267 g/mol. The maximum absolute atomic E-state index is 10.6. The molecule has 0 aliphatic carbocycles. The molecule has 0 aliphatic heterocycles. The van der Waals surface area contributed by atoms with Crippen molar-refractivity contribution in [1.29, 1.82) is 0 Å². The van der Waals surface area contributed by atoms with E-state index >= 15 is 0 Å². The molecule has 4 heteroatoms. The Hall–Kier alpha value is -1.55. The molecule has 0 saturated heterocycles. The quantitative estimate of drug-likeness (QED) is 0.907. The molecule has 15 heavy (non-hydrogen) atoms. The topological polar surface area (TPSA) is 50.4 Å². The van der Waals surface area contributed by atoms with Crippen LogP contribution in [0.5, 0.6) is 0 Å². The van der Waals surface area contributed by atoms with Gasteiger partial charge in [0, 0.05) is 10.0 Å². The minimum Gasteiger partial charge on any atom is -0.475 e. The van der Waals surface area contributed by atoms with Crippen LogP contribution in [-0.2, 0) is 0 Å². The van der Waals surface area contributed by atoms with Crippen LogP contribution in [0.2, 0.25) is 0 Å². The molecule has 0 aliphatic rings. The Bertz CT molecular complexity index is 485. The normalized spacial score (nSPS) is 10.2. The second kappa shape index (κ2) is 3.90. The molecule has 2 rings (SSSR count). The van der Waals surface area contributed by atoms with Crippen LogP contribution in [-0.4, -0.2) is 11.1 Å². The fourth-order valence-corrected chi connectivity index (χ4v) is 1.51. The summed E-state index contributed by atoms with van der Waals surface area (Å²) in [5.41, 5.74) is 1.69. The summed E-state index contributed by atoms with van der Waals surface area (Å²) in [6.07, 6.45) is 1.44. The number of carboxylic acid groups (broad SMARTS) is 1. The van der Waals surface area contributed by atoms with E-state index in [0.29, 0.717) is 0 Å². The Balaban J connectivity index is 2.37. The third-order valence-corrected chi connectivity index (χ3v) is 2.52. The third kappa shape index (κ3) is 2.10. The van der Waals surface area contributed by atoms with Gasteiger partial charge in [-0.2, -0.15) is 0 Å². The number of rotatable bonds is 2. The molecule has 1 heterocycles. The fourth-order valence-electron chi connectivity index (χ4n) is 1.24. The SMILES string of the molecule is O=C(O)c1cc(-c2ccc(Br)cc2)co1. The highest BCUT2D eigenvalue weighted by Gasteiger charge is 2.09. The Kier molecular flexibility index (Phi) is 2.60. The summed E-state index contributed by atoms with van der Waals surface area (Å²) >= 11 is 3.33. The zero-order chi connectivity index (χ0) is 10.8. The second-order valence-corrected chi connectivity index (χ2v) is 3.93. The van der Waals surface area contributed by atoms with E-state index in [4.69, 9.17) is 9.52 Å². The summed E-state index contributed by atoms with van der Waals surface area (Å²) in [7, 11) is 0. The van der Waals surface area contributed by atoms with Crippen molar-refractivity contribution in [1.82, 2.24) is 0 Å². The zero-order valence-corrected chi connectivity index (χ0v) is 9.19. The molecule has 0 amide bonds. The van der Waals surface area contributed by atoms with Gasteiger partial charge in [-0.05, 0) is 23.8 Å². The Morgan fingerprint density at radius 3 is 2.40 bits per heavy atom. The van der Waals surface area contributed by atoms with Gasteiger partial charge in [-0.25, -0.2) is 4.79 Å². The maximum atomic E-state index is 10.6. The molecule has 0 radical (unpaired) electrons. The largest absolute Gasteiger partial charge is 0.475 e. The summed E-state index contributed by atoms with van der Waals surface area (Å²) in [4.78, 5) is 10.6. The standard InChI is InChI=1S/C11H7BrO3/c12-9-3-1-7(2-4-9)8-5-10(11(13)14)15-6-8/h1-6H,(H,13,14). The van der Waals surface area contributed by atoms with Gasteiger partial charge in [0.05, 0.1) is 6.26 Å². The predicted molar refractivity (Wildman–Crippen MR) is 58.8 cm³/mol. The highest BCUT2D eigenvalue weighted by atomic mass is 79.9. The Morgan fingerprint density at radius 2 is 1.87 bits per heavy atom. The van der Waals surface area contributed by atoms with E-state index in [0.717, 1.165) is 15.6 Å². The molecule has 0 spiro atoms. The molecule has 76 valence electrons. The van der Waals surface area contributed by atoms with E-state index in [1.807, 2.05) is 24.3 Å². The first-order chi connectivity index (χ1) is 7.16. The van der Waals surface area contributed by atoms with Gasteiger partial charge in [0.1, 0.15) is 0 Å². The van der Waals surface area contributed by atoms with Crippen molar-refractivity contribution in [2.24, 2.45) is 0 Å². The van der Waals surface area contributed by atoms with Crippen LogP contribution >= 0.6 is 15.9 Å². The van der Waals surface area contributed by atoms with E-state index in [-0.39, 0.29) is 5.76 Å². The molecule has 1 aromatic heterocycles. The number of carbonyl (C=O) groups is 1. The summed E-state index contributed by atoms with van der Waals surface area (Å²) in [5.74, 6) is -1.11. The van der Waals surface area contributed by atoms with E-state index < -0.39 is 5.97 Å². The molecule has 0 fully saturated rings. The molecule has 3 nitrogen and oxygen atoms in total. The van der Waals surface area contributed by atoms with E-state index in [2.05, 4.69) is 15.9 Å². The molecule has 2 aromatic rings.